The predicted molar refractivity (Wildman–Crippen MR) is 81.4 cm³/mol. The topological polar surface area (TPSA) is 24.9 Å². The molecule has 0 radical (unpaired) electrons. The summed E-state index contributed by atoms with van der Waals surface area (Å²) in [4.78, 5) is 4.73. The first kappa shape index (κ1) is 14.5. The zero-order valence-electron chi connectivity index (χ0n) is 12.2. The lowest BCUT2D eigenvalue weighted by molar-refractivity contribution is 0.982. The minimum absolute atomic E-state index is 0.989. The largest absolute Gasteiger partial charge is 0.387 e. The Bertz CT molecular complexity index is 504. The summed E-state index contributed by atoms with van der Waals surface area (Å²) in [6.45, 7) is 8.35. The lowest BCUT2D eigenvalue weighted by Gasteiger charge is -2.14. The van der Waals surface area contributed by atoms with E-state index in [0.717, 1.165) is 18.4 Å². The van der Waals surface area contributed by atoms with Gasteiger partial charge in [0.15, 0.2) is 0 Å². The third-order valence-corrected chi connectivity index (χ3v) is 3.02. The maximum absolute atomic E-state index is 4.73. The molecule has 0 saturated heterocycles. The minimum Gasteiger partial charge on any atom is -0.387 e. The van der Waals surface area contributed by atoms with Crippen molar-refractivity contribution < 1.29 is 0 Å². The Hall–Kier alpha value is -1.57. The van der Waals surface area contributed by atoms with Gasteiger partial charge in [0.2, 0.25) is 0 Å². The normalized spacial score (nSPS) is 9.83. The molecule has 1 heterocycles. The minimum atomic E-state index is 0.989. The van der Waals surface area contributed by atoms with E-state index in [-0.39, 0.29) is 0 Å². The zero-order valence-corrected chi connectivity index (χ0v) is 12.2. The van der Waals surface area contributed by atoms with Crippen LogP contribution in [0.15, 0.2) is 24.3 Å². The van der Waals surface area contributed by atoms with Gasteiger partial charge in [-0.3, -0.25) is 4.98 Å². The van der Waals surface area contributed by atoms with Crippen LogP contribution in [0.25, 0.3) is 10.9 Å². The summed E-state index contributed by atoms with van der Waals surface area (Å²) < 4.78 is 0. The number of rotatable bonds is 3. The van der Waals surface area contributed by atoms with Gasteiger partial charge in [0.05, 0.1) is 5.52 Å². The van der Waals surface area contributed by atoms with Crippen LogP contribution in [-0.2, 0) is 12.8 Å². The van der Waals surface area contributed by atoms with Crippen molar-refractivity contribution in [3.05, 3.63) is 35.5 Å². The number of hydrogen-bond donors (Lipinski definition) is 1. The number of nitrogens with one attached hydrogen (secondary N) is 1. The number of nitrogens with zero attached hydrogens (tertiary/aromatic N) is 1. The molecule has 0 fully saturated rings. The second kappa shape index (κ2) is 7.00. The van der Waals surface area contributed by atoms with E-state index in [1.165, 1.54) is 22.3 Å². The molecule has 1 N–H and O–H groups in total. The van der Waals surface area contributed by atoms with E-state index in [0.29, 0.717) is 0 Å². The molecule has 0 atom stereocenters. The van der Waals surface area contributed by atoms with Crippen LogP contribution in [0.3, 0.4) is 0 Å². The summed E-state index contributed by atoms with van der Waals surface area (Å²) in [5, 5.41) is 4.55. The van der Waals surface area contributed by atoms with Gasteiger partial charge in [0.25, 0.3) is 0 Å². The summed E-state index contributed by atoms with van der Waals surface area (Å²) in [6.07, 6.45) is 2.01. The van der Waals surface area contributed by atoms with Gasteiger partial charge in [-0.05, 0) is 24.5 Å². The van der Waals surface area contributed by atoms with Gasteiger partial charge in [-0.1, -0.05) is 45.9 Å². The van der Waals surface area contributed by atoms with Crippen molar-refractivity contribution >= 4 is 16.6 Å². The molecule has 98 valence electrons. The summed E-state index contributed by atoms with van der Waals surface area (Å²) in [5.74, 6) is 0. The number of benzene rings is 1. The average Bonchev–Trinajstić information content (AvgIpc) is 2.46. The fourth-order valence-electron chi connectivity index (χ4n) is 2.26. The van der Waals surface area contributed by atoms with Crippen LogP contribution < -0.4 is 5.32 Å². The Kier molecular flexibility index (Phi) is 5.63. The SMILES string of the molecule is CC.CCc1nc2ccccc2c(NC)c1CC. The van der Waals surface area contributed by atoms with Gasteiger partial charge in [-0.15, -0.1) is 0 Å². The molecular weight excluding hydrogens is 220 g/mol. The van der Waals surface area contributed by atoms with E-state index in [4.69, 9.17) is 4.98 Å². The van der Waals surface area contributed by atoms with Gasteiger partial charge in [0, 0.05) is 23.8 Å². The fourth-order valence-corrected chi connectivity index (χ4v) is 2.26. The van der Waals surface area contributed by atoms with E-state index in [2.05, 4.69) is 37.4 Å². The van der Waals surface area contributed by atoms with Gasteiger partial charge in [-0.2, -0.15) is 0 Å². The molecule has 0 amide bonds. The van der Waals surface area contributed by atoms with Crippen molar-refractivity contribution in [1.29, 1.82) is 0 Å². The molecule has 18 heavy (non-hydrogen) atoms. The third-order valence-electron chi connectivity index (χ3n) is 3.02. The summed E-state index contributed by atoms with van der Waals surface area (Å²) >= 11 is 0. The molecule has 1 aromatic carbocycles. The van der Waals surface area contributed by atoms with E-state index in [9.17, 15) is 0 Å². The van der Waals surface area contributed by atoms with E-state index < -0.39 is 0 Å². The molecule has 0 aliphatic heterocycles. The zero-order chi connectivity index (χ0) is 13.5. The molecule has 0 aliphatic rings. The van der Waals surface area contributed by atoms with Crippen molar-refractivity contribution in [2.75, 3.05) is 12.4 Å². The van der Waals surface area contributed by atoms with Crippen molar-refractivity contribution in [2.24, 2.45) is 0 Å². The van der Waals surface area contributed by atoms with E-state index in [1.54, 1.807) is 0 Å². The summed E-state index contributed by atoms with van der Waals surface area (Å²) in [7, 11) is 1.99. The average molecular weight is 244 g/mol. The standard InChI is InChI=1S/C14H18N2.C2H6/c1-4-10-12(5-2)16-13-9-7-6-8-11(13)14(10)15-3;1-2/h6-9H,4-5H2,1-3H3,(H,15,16);1-2H3. The number of anilines is 1. The molecule has 0 bridgehead atoms. The monoisotopic (exact) mass is 244 g/mol. The molecule has 2 aromatic rings. The number of aromatic nitrogens is 1. The molecule has 0 aliphatic carbocycles. The van der Waals surface area contributed by atoms with E-state index in [1.807, 2.05) is 27.0 Å². The molecular formula is C16H24N2. The van der Waals surface area contributed by atoms with Crippen LogP contribution in [0.5, 0.6) is 0 Å². The van der Waals surface area contributed by atoms with Gasteiger partial charge in [-0.25, -0.2) is 0 Å². The molecule has 2 nitrogen and oxygen atoms in total. The highest BCUT2D eigenvalue weighted by molar-refractivity contribution is 5.93. The Labute approximate surface area is 110 Å². The maximum Gasteiger partial charge on any atom is 0.0726 e. The van der Waals surface area contributed by atoms with Gasteiger partial charge >= 0.3 is 0 Å². The fraction of sp³-hybridized carbons (Fsp3) is 0.438. The van der Waals surface area contributed by atoms with Crippen LogP contribution in [0.2, 0.25) is 0 Å². The molecule has 1 aromatic heterocycles. The van der Waals surface area contributed by atoms with E-state index >= 15 is 0 Å². The molecule has 2 heteroatoms. The number of fused-ring (bicyclic) bond motifs is 1. The highest BCUT2D eigenvalue weighted by Gasteiger charge is 2.10. The van der Waals surface area contributed by atoms with Crippen molar-refractivity contribution in [3.63, 3.8) is 0 Å². The Morgan fingerprint density at radius 3 is 2.28 bits per heavy atom. The van der Waals surface area contributed by atoms with Crippen LogP contribution in [0.4, 0.5) is 5.69 Å². The van der Waals surface area contributed by atoms with Crippen LogP contribution in [0.1, 0.15) is 39.0 Å². The first-order valence-electron chi connectivity index (χ1n) is 6.90. The second-order valence-electron chi connectivity index (χ2n) is 3.89. The quantitative estimate of drug-likeness (QED) is 0.864. The molecule has 0 saturated carbocycles. The van der Waals surface area contributed by atoms with Crippen LogP contribution in [-0.4, -0.2) is 12.0 Å². The molecule has 0 spiro atoms. The summed E-state index contributed by atoms with van der Waals surface area (Å²) in [5.41, 5.74) is 4.89. The smallest absolute Gasteiger partial charge is 0.0726 e. The maximum atomic E-state index is 4.73. The Balaban J connectivity index is 0.000000771. The first-order chi connectivity index (χ1) is 8.81. The Morgan fingerprint density at radius 1 is 1.06 bits per heavy atom. The van der Waals surface area contributed by atoms with Gasteiger partial charge < -0.3 is 5.32 Å². The highest BCUT2D eigenvalue weighted by atomic mass is 14.8. The second-order valence-corrected chi connectivity index (χ2v) is 3.89. The number of pyridine rings is 1. The number of hydrogen-bond acceptors (Lipinski definition) is 2. The lowest BCUT2D eigenvalue weighted by atomic mass is 10.0. The highest BCUT2D eigenvalue weighted by Crippen LogP contribution is 2.28. The van der Waals surface area contributed by atoms with Crippen molar-refractivity contribution in [1.82, 2.24) is 4.98 Å². The molecule has 2 rings (SSSR count). The van der Waals surface area contributed by atoms with Gasteiger partial charge in [0.1, 0.15) is 0 Å². The van der Waals surface area contributed by atoms with Crippen LogP contribution in [0, 0.1) is 0 Å². The summed E-state index contributed by atoms with van der Waals surface area (Å²) in [6, 6.07) is 8.32. The van der Waals surface area contributed by atoms with Crippen LogP contribution >= 0.6 is 0 Å². The Morgan fingerprint density at radius 2 is 1.72 bits per heavy atom. The predicted octanol–water partition coefficient (Wildman–Crippen LogP) is 4.43. The third kappa shape index (κ3) is 2.63. The number of aryl methyl sites for hydroxylation is 1. The van der Waals surface area contributed by atoms with Crippen molar-refractivity contribution in [2.45, 2.75) is 40.5 Å². The first-order valence-corrected chi connectivity index (χ1v) is 6.90. The molecule has 0 unspecified atom stereocenters. The lowest BCUT2D eigenvalue weighted by Crippen LogP contribution is -2.03. The number of para-hydroxylation sites is 1. The van der Waals surface area contributed by atoms with Crippen molar-refractivity contribution in [3.8, 4) is 0 Å².